The fourth-order valence-corrected chi connectivity index (χ4v) is 3.08. The molecule has 0 atom stereocenters. The van der Waals surface area contributed by atoms with E-state index >= 15 is 0 Å². The number of hydrogen-bond donors (Lipinski definition) is 0. The van der Waals surface area contributed by atoms with Gasteiger partial charge in [0, 0.05) is 43.2 Å². The molecule has 1 aliphatic heterocycles. The highest BCUT2D eigenvalue weighted by atomic mass is 35.5. The zero-order valence-electron chi connectivity index (χ0n) is 15.3. The van der Waals surface area contributed by atoms with Crippen molar-refractivity contribution in [1.82, 2.24) is 19.9 Å². The molecule has 3 rings (SSSR count). The monoisotopic (exact) mass is 376 g/mol. The summed E-state index contributed by atoms with van der Waals surface area (Å²) in [5, 5.41) is 4.72. The number of piperazine rings is 1. The molecule has 1 fully saturated rings. The first-order valence-corrected chi connectivity index (χ1v) is 9.47. The summed E-state index contributed by atoms with van der Waals surface area (Å²) in [7, 11) is 0. The average molecular weight is 377 g/mol. The van der Waals surface area contributed by atoms with Crippen LogP contribution in [0.15, 0.2) is 28.8 Å². The Hall–Kier alpha value is -1.92. The summed E-state index contributed by atoms with van der Waals surface area (Å²) in [5.41, 5.74) is 0.880. The lowest BCUT2D eigenvalue weighted by atomic mass is 10.1. The number of halogens is 1. The number of benzene rings is 1. The third-order valence-electron chi connectivity index (χ3n) is 4.59. The van der Waals surface area contributed by atoms with Gasteiger partial charge in [-0.2, -0.15) is 4.98 Å². The van der Waals surface area contributed by atoms with E-state index in [-0.39, 0.29) is 5.91 Å². The summed E-state index contributed by atoms with van der Waals surface area (Å²) in [6, 6.07) is 7.36. The van der Waals surface area contributed by atoms with Crippen LogP contribution >= 0.6 is 11.6 Å². The Labute approximate surface area is 159 Å². The lowest BCUT2D eigenvalue weighted by Crippen LogP contribution is -2.48. The van der Waals surface area contributed by atoms with Crippen LogP contribution in [-0.2, 0) is 11.3 Å². The molecule has 0 bridgehead atoms. The van der Waals surface area contributed by atoms with E-state index in [1.807, 2.05) is 29.2 Å². The quantitative estimate of drug-likeness (QED) is 0.772. The summed E-state index contributed by atoms with van der Waals surface area (Å²) in [5.74, 6) is 1.99. The maximum Gasteiger partial charge on any atom is 0.241 e. The Morgan fingerprint density at radius 3 is 2.54 bits per heavy atom. The van der Waals surface area contributed by atoms with Gasteiger partial charge >= 0.3 is 0 Å². The third kappa shape index (κ3) is 5.05. The SMILES string of the molecule is CC(C)CCC(=O)N1CCN(Cc2nc(-c3ccc(Cl)cc3)no2)CC1. The topological polar surface area (TPSA) is 62.5 Å². The van der Waals surface area contributed by atoms with Crippen molar-refractivity contribution < 1.29 is 9.32 Å². The zero-order chi connectivity index (χ0) is 18.5. The lowest BCUT2D eigenvalue weighted by molar-refractivity contribution is -0.133. The van der Waals surface area contributed by atoms with E-state index in [0.29, 0.717) is 35.6 Å². The fourth-order valence-electron chi connectivity index (χ4n) is 2.95. The van der Waals surface area contributed by atoms with Gasteiger partial charge in [-0.05, 0) is 36.6 Å². The Morgan fingerprint density at radius 2 is 1.88 bits per heavy atom. The molecule has 0 aliphatic carbocycles. The van der Waals surface area contributed by atoms with Gasteiger partial charge in [0.1, 0.15) is 0 Å². The summed E-state index contributed by atoms with van der Waals surface area (Å²) >= 11 is 5.90. The van der Waals surface area contributed by atoms with Crippen LogP contribution in [0.5, 0.6) is 0 Å². The maximum atomic E-state index is 12.2. The molecule has 1 aliphatic rings. The first kappa shape index (κ1) is 18.9. The van der Waals surface area contributed by atoms with Gasteiger partial charge in [-0.1, -0.05) is 30.6 Å². The second-order valence-corrected chi connectivity index (χ2v) is 7.54. The predicted octanol–water partition coefficient (Wildman–Crippen LogP) is 3.47. The van der Waals surface area contributed by atoms with Gasteiger partial charge in [-0.15, -0.1) is 0 Å². The normalized spacial score (nSPS) is 15.6. The molecule has 0 unspecified atom stereocenters. The molecule has 2 heterocycles. The summed E-state index contributed by atoms with van der Waals surface area (Å²) in [6.45, 7) is 8.07. The molecule has 1 aromatic carbocycles. The molecule has 0 spiro atoms. The maximum absolute atomic E-state index is 12.2. The molecule has 140 valence electrons. The number of nitrogens with zero attached hydrogens (tertiary/aromatic N) is 4. The molecule has 0 radical (unpaired) electrons. The second kappa shape index (κ2) is 8.64. The Balaban J connectivity index is 1.49. The number of carbonyl (C=O) groups excluding carboxylic acids is 1. The molecule has 1 aromatic heterocycles. The standard InChI is InChI=1S/C19H25ClN4O2/c1-14(2)3-8-18(25)24-11-9-23(10-12-24)13-17-21-19(22-26-17)15-4-6-16(20)7-5-15/h4-7,14H,3,8-13H2,1-2H3. The van der Waals surface area contributed by atoms with E-state index in [2.05, 4.69) is 28.9 Å². The second-order valence-electron chi connectivity index (χ2n) is 7.11. The minimum absolute atomic E-state index is 0.265. The van der Waals surface area contributed by atoms with E-state index < -0.39 is 0 Å². The van der Waals surface area contributed by atoms with Gasteiger partial charge in [0.2, 0.25) is 17.6 Å². The van der Waals surface area contributed by atoms with Crippen LogP contribution in [-0.4, -0.2) is 52.0 Å². The van der Waals surface area contributed by atoms with Crippen LogP contribution in [0.25, 0.3) is 11.4 Å². The fraction of sp³-hybridized carbons (Fsp3) is 0.526. The van der Waals surface area contributed by atoms with Crippen molar-refractivity contribution in [3.05, 3.63) is 35.2 Å². The van der Waals surface area contributed by atoms with Crippen LogP contribution in [0.2, 0.25) is 5.02 Å². The lowest BCUT2D eigenvalue weighted by Gasteiger charge is -2.34. The molecule has 7 heteroatoms. The number of hydrogen-bond acceptors (Lipinski definition) is 5. The zero-order valence-corrected chi connectivity index (χ0v) is 16.1. The highest BCUT2D eigenvalue weighted by Gasteiger charge is 2.22. The highest BCUT2D eigenvalue weighted by molar-refractivity contribution is 6.30. The van der Waals surface area contributed by atoms with Crippen molar-refractivity contribution in [2.24, 2.45) is 5.92 Å². The Bertz CT molecular complexity index is 721. The third-order valence-corrected chi connectivity index (χ3v) is 4.84. The van der Waals surface area contributed by atoms with Crippen molar-refractivity contribution >= 4 is 17.5 Å². The molecule has 0 N–H and O–H groups in total. The average Bonchev–Trinajstić information content (AvgIpc) is 3.09. The molecular weight excluding hydrogens is 352 g/mol. The van der Waals surface area contributed by atoms with Crippen LogP contribution in [0.3, 0.4) is 0 Å². The summed E-state index contributed by atoms with van der Waals surface area (Å²) < 4.78 is 5.37. The minimum Gasteiger partial charge on any atom is -0.340 e. The van der Waals surface area contributed by atoms with Crippen molar-refractivity contribution in [3.63, 3.8) is 0 Å². The van der Waals surface area contributed by atoms with Crippen LogP contribution in [0, 0.1) is 5.92 Å². The number of rotatable bonds is 6. The highest BCUT2D eigenvalue weighted by Crippen LogP contribution is 2.19. The molecule has 0 saturated carbocycles. The van der Waals surface area contributed by atoms with Crippen molar-refractivity contribution in [2.45, 2.75) is 33.2 Å². The van der Waals surface area contributed by atoms with Crippen molar-refractivity contribution in [1.29, 1.82) is 0 Å². The van der Waals surface area contributed by atoms with Crippen molar-refractivity contribution in [3.8, 4) is 11.4 Å². The minimum atomic E-state index is 0.265. The molecular formula is C19H25ClN4O2. The first-order chi connectivity index (χ1) is 12.5. The number of aromatic nitrogens is 2. The molecule has 6 nitrogen and oxygen atoms in total. The largest absolute Gasteiger partial charge is 0.340 e. The molecule has 1 amide bonds. The van der Waals surface area contributed by atoms with Crippen LogP contribution in [0.4, 0.5) is 0 Å². The molecule has 26 heavy (non-hydrogen) atoms. The van der Waals surface area contributed by atoms with Gasteiger partial charge in [0.25, 0.3) is 0 Å². The first-order valence-electron chi connectivity index (χ1n) is 9.10. The summed E-state index contributed by atoms with van der Waals surface area (Å²) in [6.07, 6.45) is 1.60. The number of carbonyl (C=O) groups is 1. The van der Waals surface area contributed by atoms with E-state index in [1.165, 1.54) is 0 Å². The van der Waals surface area contributed by atoms with E-state index in [9.17, 15) is 4.79 Å². The Morgan fingerprint density at radius 1 is 1.19 bits per heavy atom. The predicted molar refractivity (Wildman–Crippen MR) is 101 cm³/mol. The Kier molecular flexibility index (Phi) is 6.27. The van der Waals surface area contributed by atoms with Gasteiger partial charge in [0.05, 0.1) is 6.54 Å². The van der Waals surface area contributed by atoms with Gasteiger partial charge < -0.3 is 9.42 Å². The summed E-state index contributed by atoms with van der Waals surface area (Å²) in [4.78, 5) is 20.9. The van der Waals surface area contributed by atoms with Gasteiger partial charge in [0.15, 0.2) is 0 Å². The van der Waals surface area contributed by atoms with E-state index in [0.717, 1.165) is 38.2 Å². The van der Waals surface area contributed by atoms with Crippen LogP contribution in [0.1, 0.15) is 32.6 Å². The number of amides is 1. The smallest absolute Gasteiger partial charge is 0.241 e. The van der Waals surface area contributed by atoms with Crippen molar-refractivity contribution in [2.75, 3.05) is 26.2 Å². The molecule has 1 saturated heterocycles. The van der Waals surface area contributed by atoms with Gasteiger partial charge in [-0.3, -0.25) is 9.69 Å². The van der Waals surface area contributed by atoms with Crippen LogP contribution < -0.4 is 0 Å². The molecule has 2 aromatic rings. The van der Waals surface area contributed by atoms with Gasteiger partial charge in [-0.25, -0.2) is 0 Å². The van der Waals surface area contributed by atoms with E-state index in [1.54, 1.807) is 0 Å². The van der Waals surface area contributed by atoms with E-state index in [4.69, 9.17) is 16.1 Å².